The van der Waals surface area contributed by atoms with Crippen LogP contribution in [-0.2, 0) is 0 Å². The van der Waals surface area contributed by atoms with E-state index in [4.69, 9.17) is 26.2 Å². The second kappa shape index (κ2) is 11.6. The zero-order valence-corrected chi connectivity index (χ0v) is 27.2. The number of thiophene rings is 1. The molecule has 10 aromatic rings. The van der Waals surface area contributed by atoms with Crippen LogP contribution < -0.4 is 0 Å². The summed E-state index contributed by atoms with van der Waals surface area (Å²) in [5, 5.41) is 4.39. The van der Waals surface area contributed by atoms with Gasteiger partial charge in [0.15, 0.2) is 17.5 Å². The number of rotatable bonds is 5. The molecule has 234 valence electrons. The molecule has 3 aromatic heterocycles. The van der Waals surface area contributed by atoms with E-state index in [1.165, 1.54) is 20.2 Å². The largest absolute Gasteiger partial charge is 0.455 e. The lowest BCUT2D eigenvalue weighted by molar-refractivity contribution is 0.670. The van der Waals surface area contributed by atoms with Crippen LogP contribution in [0.15, 0.2) is 168 Å². The van der Waals surface area contributed by atoms with Gasteiger partial charge in [0.05, 0.1) is 6.85 Å². The number of aromatic nitrogens is 3. The number of fused-ring (bicyclic) bond motifs is 6. The van der Waals surface area contributed by atoms with Crippen molar-refractivity contribution >= 4 is 53.4 Å². The van der Waals surface area contributed by atoms with E-state index in [-0.39, 0.29) is 29.7 Å². The predicted molar refractivity (Wildman–Crippen MR) is 207 cm³/mol. The lowest BCUT2D eigenvalue weighted by atomic mass is 10.00. The maximum absolute atomic E-state index is 8.55. The van der Waals surface area contributed by atoms with E-state index in [1.807, 2.05) is 48.5 Å². The first-order valence-corrected chi connectivity index (χ1v) is 17.0. The minimum atomic E-state index is -0.434. The molecule has 0 saturated heterocycles. The number of furan rings is 1. The average Bonchev–Trinajstić information content (AvgIpc) is 3.81. The minimum Gasteiger partial charge on any atom is -0.455 e. The maximum Gasteiger partial charge on any atom is 0.164 e. The van der Waals surface area contributed by atoms with Crippen LogP contribution in [0.25, 0.3) is 98.5 Å². The van der Waals surface area contributed by atoms with Gasteiger partial charge in [0, 0.05) is 58.8 Å². The zero-order valence-electron chi connectivity index (χ0n) is 31.4. The molecule has 0 aliphatic carbocycles. The van der Waals surface area contributed by atoms with E-state index in [9.17, 15) is 0 Å². The molecule has 0 unspecified atom stereocenters. The molecule has 10 rings (SSSR count). The summed E-state index contributed by atoms with van der Waals surface area (Å²) >= 11 is 1.79. The van der Waals surface area contributed by atoms with Crippen LogP contribution in [0.5, 0.6) is 0 Å². The summed E-state index contributed by atoms with van der Waals surface area (Å²) in [5.74, 6) is 1.32. The van der Waals surface area contributed by atoms with Crippen molar-refractivity contribution in [1.82, 2.24) is 15.0 Å². The van der Waals surface area contributed by atoms with Crippen LogP contribution in [0.1, 0.15) is 6.85 Å². The second-order valence-electron chi connectivity index (χ2n) is 12.0. The third kappa shape index (κ3) is 4.79. The lowest BCUT2D eigenvalue weighted by Crippen LogP contribution is -2.00. The van der Waals surface area contributed by atoms with Gasteiger partial charge in [-0.25, -0.2) is 15.0 Å². The van der Waals surface area contributed by atoms with Crippen molar-refractivity contribution in [3.8, 4) is 56.4 Å². The molecule has 0 fully saturated rings. The van der Waals surface area contributed by atoms with Gasteiger partial charge in [-0.2, -0.15) is 0 Å². The van der Waals surface area contributed by atoms with Gasteiger partial charge in [-0.15, -0.1) is 11.3 Å². The zero-order chi connectivity index (χ0) is 37.4. The Labute approximate surface area is 299 Å². The summed E-state index contributed by atoms with van der Waals surface area (Å²) in [6, 6.07) is 42.2. The lowest BCUT2D eigenvalue weighted by Gasteiger charge is -2.10. The normalized spacial score (nSPS) is 13.0. The summed E-state index contributed by atoms with van der Waals surface area (Å²) in [5.41, 5.74) is 6.49. The van der Waals surface area contributed by atoms with Gasteiger partial charge in [-0.1, -0.05) is 133 Å². The van der Waals surface area contributed by atoms with Gasteiger partial charge in [-0.3, -0.25) is 0 Å². The molecular formula is C45H27N3OS. The Kier molecular flexibility index (Phi) is 5.54. The molecule has 7 aromatic carbocycles. The Morgan fingerprint density at radius 2 is 1.10 bits per heavy atom. The van der Waals surface area contributed by atoms with E-state index >= 15 is 0 Å². The highest BCUT2D eigenvalue weighted by Gasteiger charge is 2.18. The smallest absolute Gasteiger partial charge is 0.164 e. The van der Waals surface area contributed by atoms with Gasteiger partial charge < -0.3 is 4.42 Å². The molecule has 0 N–H and O–H groups in total. The first kappa shape index (κ1) is 23.8. The van der Waals surface area contributed by atoms with Crippen LogP contribution in [-0.4, -0.2) is 15.0 Å². The van der Waals surface area contributed by atoms with Crippen LogP contribution >= 0.6 is 11.3 Å². The van der Waals surface area contributed by atoms with Crippen molar-refractivity contribution in [3.05, 3.63) is 164 Å². The first-order chi connectivity index (χ1) is 26.8. The monoisotopic (exact) mass is 662 g/mol. The number of hydrogen-bond acceptors (Lipinski definition) is 5. The molecule has 50 heavy (non-hydrogen) atoms. The Bertz CT molecular complexity index is 3150. The van der Waals surface area contributed by atoms with E-state index in [0.717, 1.165) is 44.2 Å². The molecule has 0 atom stereocenters. The number of hydrogen-bond donors (Lipinski definition) is 0. The summed E-state index contributed by atoms with van der Waals surface area (Å²) in [6.07, 6.45) is 0. The fourth-order valence-electron chi connectivity index (χ4n) is 6.67. The highest BCUT2D eigenvalue weighted by atomic mass is 32.1. The number of para-hydroxylation sites is 1. The molecule has 0 aliphatic rings. The minimum absolute atomic E-state index is 0.116. The molecule has 0 amide bonds. The van der Waals surface area contributed by atoms with E-state index < -0.39 is 6.04 Å². The SMILES string of the molecule is [2H]c1c([2H])c([2H])c(-c2cccc(-c3nc(-c4ccccc4)nc(-c4ccc5oc6c(-c7cccc8c7sc7ccccc78)cccc6c5c4)n3)c2)c([2H])c1[2H]. The highest BCUT2D eigenvalue weighted by molar-refractivity contribution is 7.26. The molecule has 5 heteroatoms. The maximum atomic E-state index is 8.55. The molecule has 0 bridgehead atoms. The molecule has 0 aliphatic heterocycles. The summed E-state index contributed by atoms with van der Waals surface area (Å²) in [6.45, 7) is 0. The Hall–Kier alpha value is -6.43. The van der Waals surface area contributed by atoms with Crippen LogP contribution in [0, 0.1) is 0 Å². The van der Waals surface area contributed by atoms with E-state index in [2.05, 4.69) is 66.7 Å². The summed E-state index contributed by atoms with van der Waals surface area (Å²) in [4.78, 5) is 14.8. The fraction of sp³-hybridized carbons (Fsp3) is 0. The van der Waals surface area contributed by atoms with Crippen molar-refractivity contribution in [2.75, 3.05) is 0 Å². The number of benzene rings is 7. The topological polar surface area (TPSA) is 51.8 Å². The third-order valence-electron chi connectivity index (χ3n) is 9.03. The summed E-state index contributed by atoms with van der Waals surface area (Å²) in [7, 11) is 0. The molecule has 0 radical (unpaired) electrons. The quantitative estimate of drug-likeness (QED) is 0.184. The van der Waals surface area contributed by atoms with Crippen LogP contribution in [0.4, 0.5) is 0 Å². The second-order valence-corrected chi connectivity index (χ2v) is 13.1. The van der Waals surface area contributed by atoms with Crippen molar-refractivity contribution in [2.45, 2.75) is 0 Å². The molecule has 4 nitrogen and oxygen atoms in total. The van der Waals surface area contributed by atoms with Crippen LogP contribution in [0.3, 0.4) is 0 Å². The summed E-state index contributed by atoms with van der Waals surface area (Å²) < 4.78 is 50.6. The number of nitrogens with zero attached hydrogens (tertiary/aromatic N) is 3. The van der Waals surface area contributed by atoms with E-state index in [1.54, 1.807) is 29.5 Å². The van der Waals surface area contributed by atoms with Gasteiger partial charge >= 0.3 is 0 Å². The van der Waals surface area contributed by atoms with Crippen molar-refractivity contribution < 1.29 is 11.3 Å². The average molecular weight is 663 g/mol. The Balaban J connectivity index is 1.13. The molecular weight excluding hydrogens is 631 g/mol. The fourth-order valence-corrected chi connectivity index (χ4v) is 7.90. The van der Waals surface area contributed by atoms with Gasteiger partial charge in [0.2, 0.25) is 0 Å². The van der Waals surface area contributed by atoms with Gasteiger partial charge in [-0.05, 0) is 41.5 Å². The Morgan fingerprint density at radius 1 is 0.460 bits per heavy atom. The van der Waals surface area contributed by atoms with Crippen molar-refractivity contribution in [3.63, 3.8) is 0 Å². The molecule has 3 heterocycles. The Morgan fingerprint density at radius 3 is 1.94 bits per heavy atom. The standard InChI is InChI=1S/C45H27N3OS/c1-3-12-28(13-4-1)30-16-9-17-31(26-30)44-46-43(29-14-5-2-6-15-29)47-45(48-44)32-24-25-39-38(27-32)35-20-10-19-34(41(35)49-39)37-22-11-21-36-33-18-7-8-23-40(33)50-42(36)37/h1-27H/i1D,3D,4D,12D,13D. The first-order valence-electron chi connectivity index (χ1n) is 18.7. The van der Waals surface area contributed by atoms with Crippen molar-refractivity contribution in [2.24, 2.45) is 0 Å². The van der Waals surface area contributed by atoms with Gasteiger partial charge in [0.1, 0.15) is 11.2 Å². The molecule has 0 spiro atoms. The third-order valence-corrected chi connectivity index (χ3v) is 10.2. The highest BCUT2D eigenvalue weighted by Crippen LogP contribution is 2.43. The van der Waals surface area contributed by atoms with Gasteiger partial charge in [0.25, 0.3) is 0 Å². The van der Waals surface area contributed by atoms with E-state index in [0.29, 0.717) is 28.6 Å². The predicted octanol–water partition coefficient (Wildman–Crippen LogP) is 12.5. The van der Waals surface area contributed by atoms with Crippen LogP contribution in [0.2, 0.25) is 0 Å². The van der Waals surface area contributed by atoms with Crippen molar-refractivity contribution in [1.29, 1.82) is 0 Å². The molecule has 0 saturated carbocycles.